The van der Waals surface area contributed by atoms with Crippen molar-refractivity contribution in [2.24, 2.45) is 21.7 Å². The highest BCUT2D eigenvalue weighted by Crippen LogP contribution is 2.71. The molecule has 0 aromatic heterocycles. The first-order valence-electron chi connectivity index (χ1n) is 9.09. The van der Waals surface area contributed by atoms with Crippen molar-refractivity contribution in [2.75, 3.05) is 6.61 Å². The van der Waals surface area contributed by atoms with Gasteiger partial charge in [0, 0.05) is 18.6 Å². The molecule has 2 amide bonds. The SMILES string of the molecule is CC(=O)OC1C(O)C2OC3C=C(C)CCC3(C=NNC(N)=O)C1(C)C21CO1. The summed E-state index contributed by atoms with van der Waals surface area (Å²) in [6.45, 7) is 5.69. The maximum Gasteiger partial charge on any atom is 0.332 e. The van der Waals surface area contributed by atoms with Crippen molar-refractivity contribution < 1.29 is 28.9 Å². The molecule has 27 heavy (non-hydrogen) atoms. The van der Waals surface area contributed by atoms with Crippen LogP contribution >= 0.6 is 0 Å². The number of fused-ring (bicyclic) bond motifs is 2. The maximum atomic E-state index is 11.8. The predicted octanol–water partition coefficient (Wildman–Crippen LogP) is 0.216. The number of epoxide rings is 1. The van der Waals surface area contributed by atoms with Gasteiger partial charge in [0.15, 0.2) is 0 Å². The van der Waals surface area contributed by atoms with E-state index in [4.69, 9.17) is 19.9 Å². The van der Waals surface area contributed by atoms with Crippen LogP contribution in [0.15, 0.2) is 16.8 Å². The van der Waals surface area contributed by atoms with Crippen LogP contribution in [0.4, 0.5) is 4.79 Å². The molecule has 2 aliphatic heterocycles. The van der Waals surface area contributed by atoms with Crippen molar-refractivity contribution in [2.45, 2.75) is 63.6 Å². The summed E-state index contributed by atoms with van der Waals surface area (Å²) >= 11 is 0. The summed E-state index contributed by atoms with van der Waals surface area (Å²) in [5.41, 5.74) is 6.25. The zero-order chi connectivity index (χ0) is 19.6. The minimum Gasteiger partial charge on any atom is -0.459 e. The minimum absolute atomic E-state index is 0.398. The number of nitrogens with one attached hydrogen (secondary N) is 1. The van der Waals surface area contributed by atoms with Crippen molar-refractivity contribution in [3.8, 4) is 0 Å². The summed E-state index contributed by atoms with van der Waals surface area (Å²) in [7, 11) is 0. The van der Waals surface area contributed by atoms with E-state index in [0.717, 1.165) is 6.42 Å². The molecule has 0 aromatic rings. The van der Waals surface area contributed by atoms with Gasteiger partial charge in [0.05, 0.1) is 18.1 Å². The normalized spacial score (nSPS) is 47.5. The molecule has 3 fully saturated rings. The molecular formula is C18H25N3O6. The summed E-state index contributed by atoms with van der Waals surface area (Å²) in [6, 6.07) is -0.776. The van der Waals surface area contributed by atoms with Gasteiger partial charge < -0.3 is 25.1 Å². The monoisotopic (exact) mass is 379 g/mol. The van der Waals surface area contributed by atoms with E-state index in [1.54, 1.807) is 6.21 Å². The van der Waals surface area contributed by atoms with Gasteiger partial charge in [-0.1, -0.05) is 18.6 Å². The molecule has 148 valence electrons. The molecule has 9 nitrogen and oxygen atoms in total. The average Bonchev–Trinajstić information content (AvgIpc) is 3.36. The van der Waals surface area contributed by atoms with Crippen LogP contribution in [-0.4, -0.2) is 59.9 Å². The van der Waals surface area contributed by atoms with Crippen LogP contribution in [0.1, 0.15) is 33.6 Å². The van der Waals surface area contributed by atoms with E-state index in [9.17, 15) is 14.7 Å². The second kappa shape index (κ2) is 5.76. The molecule has 2 aliphatic carbocycles. The number of allylic oxidation sites excluding steroid dienone is 1. The lowest BCUT2D eigenvalue weighted by molar-refractivity contribution is -0.190. The van der Waals surface area contributed by atoms with Crippen LogP contribution in [0.5, 0.6) is 0 Å². The van der Waals surface area contributed by atoms with Gasteiger partial charge in [-0.15, -0.1) is 0 Å². The van der Waals surface area contributed by atoms with Crippen LogP contribution in [0, 0.1) is 10.8 Å². The molecule has 4 aliphatic rings. The van der Waals surface area contributed by atoms with Gasteiger partial charge in [-0.25, -0.2) is 10.2 Å². The van der Waals surface area contributed by atoms with E-state index < -0.39 is 52.8 Å². The van der Waals surface area contributed by atoms with Gasteiger partial charge in [0.25, 0.3) is 0 Å². The van der Waals surface area contributed by atoms with Crippen molar-refractivity contribution >= 4 is 18.2 Å². The molecular weight excluding hydrogens is 354 g/mol. The number of carbonyl (C=O) groups excluding carboxylic acids is 2. The fraction of sp³-hybridized carbons (Fsp3) is 0.722. The molecule has 0 radical (unpaired) electrons. The Labute approximate surface area is 156 Å². The van der Waals surface area contributed by atoms with Crippen molar-refractivity contribution in [1.29, 1.82) is 0 Å². The van der Waals surface area contributed by atoms with Gasteiger partial charge in [0.1, 0.15) is 23.9 Å². The molecule has 1 spiro atoms. The third-order valence-corrected chi connectivity index (χ3v) is 6.88. The number of carbonyl (C=O) groups is 2. The number of esters is 1. The van der Waals surface area contributed by atoms with E-state index in [-0.39, 0.29) is 0 Å². The lowest BCUT2D eigenvalue weighted by atomic mass is 9.51. The Bertz CT molecular complexity index is 747. The van der Waals surface area contributed by atoms with E-state index in [1.165, 1.54) is 12.5 Å². The lowest BCUT2D eigenvalue weighted by Gasteiger charge is -2.56. The topological polar surface area (TPSA) is 136 Å². The number of hydrogen-bond acceptors (Lipinski definition) is 7. The number of hydrogen-bond donors (Lipinski definition) is 3. The number of aliphatic hydroxyl groups is 1. The summed E-state index contributed by atoms with van der Waals surface area (Å²) < 4.78 is 17.8. The van der Waals surface area contributed by atoms with Crippen molar-refractivity contribution in [1.82, 2.24) is 5.43 Å². The van der Waals surface area contributed by atoms with E-state index in [1.807, 2.05) is 19.9 Å². The molecule has 4 N–H and O–H groups in total. The van der Waals surface area contributed by atoms with Crippen LogP contribution in [0.2, 0.25) is 0 Å². The van der Waals surface area contributed by atoms with Crippen LogP contribution < -0.4 is 11.2 Å². The standard InChI is InChI=1S/C18H25N3O6/c1-9-4-5-17(7-20-21-15(19)24)11(6-9)27-14-12(23)13(26-10(2)22)16(17,3)18(14)8-25-18/h6-7,11-14,23H,4-5,8H2,1-3H3,(H3,19,21,24). The molecule has 7 unspecified atom stereocenters. The third-order valence-electron chi connectivity index (χ3n) is 6.88. The highest BCUT2D eigenvalue weighted by atomic mass is 16.6. The quantitative estimate of drug-likeness (QED) is 0.211. The van der Waals surface area contributed by atoms with Crippen molar-refractivity contribution in [3.05, 3.63) is 11.6 Å². The maximum absolute atomic E-state index is 11.8. The van der Waals surface area contributed by atoms with Crippen LogP contribution in [0.25, 0.3) is 0 Å². The number of hydrazone groups is 1. The number of aliphatic hydroxyl groups excluding tert-OH is 1. The second-order valence-corrected chi connectivity index (χ2v) is 8.17. The zero-order valence-electron chi connectivity index (χ0n) is 15.6. The molecule has 7 atom stereocenters. The zero-order valence-corrected chi connectivity index (χ0v) is 15.6. The molecule has 1 saturated carbocycles. The third kappa shape index (κ3) is 2.25. The Hall–Kier alpha value is -1.97. The Morgan fingerprint density at radius 1 is 1.52 bits per heavy atom. The van der Waals surface area contributed by atoms with Gasteiger partial charge >= 0.3 is 12.0 Å². The van der Waals surface area contributed by atoms with Crippen LogP contribution in [-0.2, 0) is 19.0 Å². The van der Waals surface area contributed by atoms with Gasteiger partial charge in [-0.3, -0.25) is 4.79 Å². The van der Waals surface area contributed by atoms with E-state index in [0.29, 0.717) is 13.0 Å². The molecule has 9 heteroatoms. The number of ether oxygens (including phenoxy) is 3. The molecule has 2 bridgehead atoms. The summed E-state index contributed by atoms with van der Waals surface area (Å²) in [5.74, 6) is -0.481. The van der Waals surface area contributed by atoms with Crippen LogP contribution in [0.3, 0.4) is 0 Å². The first-order chi connectivity index (χ1) is 12.7. The number of urea groups is 1. The molecule has 2 heterocycles. The Balaban J connectivity index is 1.87. The minimum atomic E-state index is -1.02. The first-order valence-corrected chi connectivity index (χ1v) is 9.09. The Morgan fingerprint density at radius 3 is 2.81 bits per heavy atom. The largest absolute Gasteiger partial charge is 0.459 e. The number of amides is 2. The van der Waals surface area contributed by atoms with E-state index in [2.05, 4.69) is 10.5 Å². The van der Waals surface area contributed by atoms with Gasteiger partial charge in [-0.05, 0) is 19.8 Å². The number of primary amides is 1. The lowest BCUT2D eigenvalue weighted by Crippen LogP contribution is -2.66. The molecule has 0 aromatic carbocycles. The number of nitrogens with zero attached hydrogens (tertiary/aromatic N) is 1. The fourth-order valence-corrected chi connectivity index (χ4v) is 5.46. The summed E-state index contributed by atoms with van der Waals surface area (Å²) in [5, 5.41) is 15.0. The van der Waals surface area contributed by atoms with Gasteiger partial charge in [0.2, 0.25) is 0 Å². The Morgan fingerprint density at radius 2 is 2.22 bits per heavy atom. The highest BCUT2D eigenvalue weighted by molar-refractivity contribution is 5.76. The van der Waals surface area contributed by atoms with Gasteiger partial charge in [-0.2, -0.15) is 5.10 Å². The molecule has 4 rings (SSSR count). The predicted molar refractivity (Wildman–Crippen MR) is 93.6 cm³/mol. The summed E-state index contributed by atoms with van der Waals surface area (Å²) in [6.07, 6.45) is 2.22. The van der Waals surface area contributed by atoms with E-state index >= 15 is 0 Å². The number of nitrogens with two attached hydrogens (primary N) is 1. The number of rotatable bonds is 3. The summed E-state index contributed by atoms with van der Waals surface area (Å²) in [4.78, 5) is 22.9. The average molecular weight is 379 g/mol. The van der Waals surface area contributed by atoms with Crippen molar-refractivity contribution in [3.63, 3.8) is 0 Å². The Kier molecular flexibility index (Phi) is 3.93. The fourth-order valence-electron chi connectivity index (χ4n) is 5.46. The highest BCUT2D eigenvalue weighted by Gasteiger charge is 2.85. The molecule has 2 saturated heterocycles. The smallest absolute Gasteiger partial charge is 0.332 e. The second-order valence-electron chi connectivity index (χ2n) is 8.17. The first kappa shape index (κ1) is 18.4.